The predicted molar refractivity (Wildman–Crippen MR) is 70.7 cm³/mol. The van der Waals surface area contributed by atoms with Gasteiger partial charge < -0.3 is 9.64 Å². The number of amides is 3. The van der Waals surface area contributed by atoms with E-state index < -0.39 is 12.0 Å². The Balaban J connectivity index is 2.09. The molecule has 7 heteroatoms. The smallest absolute Gasteiger partial charge is 0.410 e. The van der Waals surface area contributed by atoms with Crippen LogP contribution in [0.15, 0.2) is 12.7 Å². The molecule has 0 bridgehead atoms. The van der Waals surface area contributed by atoms with Crippen molar-refractivity contribution in [1.82, 2.24) is 10.2 Å². The number of carbonyl (C=O) groups is 3. The highest BCUT2D eigenvalue weighted by Crippen LogP contribution is 2.31. The van der Waals surface area contributed by atoms with Crippen LogP contribution in [0, 0.1) is 5.92 Å². The average Bonchev–Trinajstić information content (AvgIpc) is 2.89. The number of nitrogens with one attached hydrogen (secondary N) is 1. The van der Waals surface area contributed by atoms with Crippen molar-refractivity contribution in [3.05, 3.63) is 12.7 Å². The highest BCUT2D eigenvalue weighted by Gasteiger charge is 2.45. The summed E-state index contributed by atoms with van der Waals surface area (Å²) in [7, 11) is 0. The van der Waals surface area contributed by atoms with Gasteiger partial charge >= 0.3 is 6.09 Å². The van der Waals surface area contributed by atoms with Crippen LogP contribution in [0.5, 0.6) is 0 Å². The van der Waals surface area contributed by atoms with Gasteiger partial charge in [-0.05, 0) is 6.42 Å². The molecule has 6 nitrogen and oxygen atoms in total. The van der Waals surface area contributed by atoms with Gasteiger partial charge in [-0.15, -0.1) is 0 Å². The molecule has 0 aromatic heterocycles. The number of ether oxygens (including phenoxy) is 1. The van der Waals surface area contributed by atoms with Crippen LogP contribution in [0.2, 0.25) is 0 Å². The zero-order valence-electron chi connectivity index (χ0n) is 10.4. The van der Waals surface area contributed by atoms with Crippen molar-refractivity contribution in [2.45, 2.75) is 24.1 Å². The first-order valence-corrected chi connectivity index (χ1v) is 6.60. The minimum atomic E-state index is -0.499. The maximum absolute atomic E-state index is 11.9. The molecular weight excluding hydrogens is 268 g/mol. The van der Waals surface area contributed by atoms with Gasteiger partial charge in [0.05, 0.1) is 5.92 Å². The maximum atomic E-state index is 11.9. The third-order valence-electron chi connectivity index (χ3n) is 3.35. The minimum Gasteiger partial charge on any atom is -0.445 e. The molecule has 0 radical (unpaired) electrons. The second-order valence-electron chi connectivity index (χ2n) is 4.70. The summed E-state index contributed by atoms with van der Waals surface area (Å²) in [5.41, 5.74) is 0. The van der Waals surface area contributed by atoms with Crippen LogP contribution < -0.4 is 5.32 Å². The van der Waals surface area contributed by atoms with Crippen LogP contribution >= 0.6 is 12.6 Å². The topological polar surface area (TPSA) is 75.7 Å². The monoisotopic (exact) mass is 284 g/mol. The van der Waals surface area contributed by atoms with E-state index in [9.17, 15) is 14.4 Å². The molecule has 2 fully saturated rings. The SMILES string of the molecule is C=CCOC(=O)N1CC(S)CC1C1CC(=O)NC1=O. The van der Waals surface area contributed by atoms with E-state index >= 15 is 0 Å². The Labute approximate surface area is 116 Å². The maximum Gasteiger partial charge on any atom is 0.410 e. The predicted octanol–water partition coefficient (Wildman–Crippen LogP) is 0.344. The summed E-state index contributed by atoms with van der Waals surface area (Å²) in [6, 6.07) is -0.328. The van der Waals surface area contributed by atoms with E-state index in [0.717, 1.165) is 0 Å². The van der Waals surface area contributed by atoms with Gasteiger partial charge in [0, 0.05) is 24.3 Å². The van der Waals surface area contributed by atoms with Crippen LogP contribution in [0.1, 0.15) is 12.8 Å². The average molecular weight is 284 g/mol. The number of hydrogen-bond acceptors (Lipinski definition) is 5. The van der Waals surface area contributed by atoms with Crippen molar-refractivity contribution < 1.29 is 19.1 Å². The Hall–Kier alpha value is -1.50. The normalized spacial score (nSPS) is 30.4. The molecule has 2 saturated heterocycles. The van der Waals surface area contributed by atoms with Crippen molar-refractivity contribution in [3.8, 4) is 0 Å². The molecule has 2 aliphatic rings. The first kappa shape index (κ1) is 13.9. The Morgan fingerprint density at radius 1 is 1.58 bits per heavy atom. The van der Waals surface area contributed by atoms with Crippen molar-refractivity contribution >= 4 is 30.5 Å². The van der Waals surface area contributed by atoms with Crippen LogP contribution in [0.4, 0.5) is 4.79 Å². The van der Waals surface area contributed by atoms with Crippen molar-refractivity contribution in [2.75, 3.05) is 13.2 Å². The zero-order chi connectivity index (χ0) is 14.0. The molecule has 0 aliphatic carbocycles. The van der Waals surface area contributed by atoms with Gasteiger partial charge in [-0.25, -0.2) is 4.79 Å². The molecule has 2 heterocycles. The zero-order valence-corrected chi connectivity index (χ0v) is 11.3. The van der Waals surface area contributed by atoms with Gasteiger partial charge in [0.15, 0.2) is 0 Å². The Bertz CT molecular complexity index is 426. The van der Waals surface area contributed by atoms with E-state index in [1.807, 2.05) is 0 Å². The number of thiol groups is 1. The van der Waals surface area contributed by atoms with Gasteiger partial charge in [-0.1, -0.05) is 12.7 Å². The summed E-state index contributed by atoms with van der Waals surface area (Å²) in [5.74, 6) is -1.11. The first-order valence-electron chi connectivity index (χ1n) is 6.09. The first-order chi connectivity index (χ1) is 9.02. The van der Waals surface area contributed by atoms with Crippen molar-refractivity contribution in [3.63, 3.8) is 0 Å². The lowest BCUT2D eigenvalue weighted by Crippen LogP contribution is -2.42. The molecule has 0 saturated carbocycles. The Morgan fingerprint density at radius 3 is 2.89 bits per heavy atom. The molecule has 19 heavy (non-hydrogen) atoms. The second-order valence-corrected chi connectivity index (χ2v) is 5.43. The number of rotatable bonds is 3. The van der Waals surface area contributed by atoms with Gasteiger partial charge in [0.2, 0.25) is 11.8 Å². The number of nitrogens with zero attached hydrogens (tertiary/aromatic N) is 1. The summed E-state index contributed by atoms with van der Waals surface area (Å²) >= 11 is 4.36. The largest absolute Gasteiger partial charge is 0.445 e. The molecule has 0 spiro atoms. The summed E-state index contributed by atoms with van der Waals surface area (Å²) < 4.78 is 4.99. The Morgan fingerprint density at radius 2 is 2.32 bits per heavy atom. The van der Waals surface area contributed by atoms with Crippen molar-refractivity contribution in [2.24, 2.45) is 5.92 Å². The summed E-state index contributed by atoms with van der Waals surface area (Å²) in [6.07, 6.45) is 1.69. The Kier molecular flexibility index (Phi) is 4.14. The molecule has 3 unspecified atom stereocenters. The number of imide groups is 1. The van der Waals surface area contributed by atoms with E-state index in [-0.39, 0.29) is 36.1 Å². The van der Waals surface area contributed by atoms with Gasteiger partial charge in [-0.2, -0.15) is 12.6 Å². The van der Waals surface area contributed by atoms with Gasteiger partial charge in [-0.3, -0.25) is 14.9 Å². The second kappa shape index (κ2) is 5.64. The van der Waals surface area contributed by atoms with Gasteiger partial charge in [0.25, 0.3) is 0 Å². The third kappa shape index (κ3) is 2.91. The fraction of sp³-hybridized carbons (Fsp3) is 0.583. The summed E-state index contributed by atoms with van der Waals surface area (Å²) in [6.45, 7) is 4.01. The number of hydrogen-bond donors (Lipinski definition) is 2. The molecule has 1 N–H and O–H groups in total. The van der Waals surface area contributed by atoms with Gasteiger partial charge in [0.1, 0.15) is 6.61 Å². The molecule has 3 atom stereocenters. The lowest BCUT2D eigenvalue weighted by Gasteiger charge is -2.26. The summed E-state index contributed by atoms with van der Waals surface area (Å²) in [4.78, 5) is 36.4. The molecule has 2 aliphatic heterocycles. The number of likely N-dealkylation sites (tertiary alicyclic amines) is 1. The van der Waals surface area contributed by atoms with Crippen molar-refractivity contribution in [1.29, 1.82) is 0 Å². The quantitative estimate of drug-likeness (QED) is 0.445. The van der Waals surface area contributed by atoms with E-state index in [1.165, 1.54) is 11.0 Å². The third-order valence-corrected chi connectivity index (χ3v) is 3.72. The van der Waals surface area contributed by atoms with Crippen LogP contribution in [0.3, 0.4) is 0 Å². The molecule has 104 valence electrons. The standard InChI is InChI=1S/C12H16N2O4S/c1-2-3-18-12(17)14-6-7(19)4-9(14)8-5-10(15)13-11(8)16/h2,7-9,19H,1,3-6H2,(H,13,15,16). The highest BCUT2D eigenvalue weighted by molar-refractivity contribution is 7.81. The van der Waals surface area contributed by atoms with E-state index in [2.05, 4.69) is 24.5 Å². The molecule has 0 aromatic carbocycles. The van der Waals surface area contributed by atoms with E-state index in [4.69, 9.17) is 4.74 Å². The molecule has 0 aromatic rings. The highest BCUT2D eigenvalue weighted by atomic mass is 32.1. The number of carbonyl (C=O) groups excluding carboxylic acids is 3. The molecular formula is C12H16N2O4S. The van der Waals surface area contributed by atoms with E-state index in [1.54, 1.807) is 0 Å². The minimum absolute atomic E-state index is 0.00946. The fourth-order valence-corrected chi connectivity index (χ4v) is 2.92. The van der Waals surface area contributed by atoms with Crippen LogP contribution in [-0.4, -0.2) is 47.3 Å². The fourth-order valence-electron chi connectivity index (χ4n) is 2.53. The molecule has 3 amide bonds. The van der Waals surface area contributed by atoms with Crippen LogP contribution in [-0.2, 0) is 14.3 Å². The lowest BCUT2D eigenvalue weighted by atomic mass is 9.96. The lowest BCUT2D eigenvalue weighted by molar-refractivity contribution is -0.126. The van der Waals surface area contributed by atoms with Crippen LogP contribution in [0.25, 0.3) is 0 Å². The van der Waals surface area contributed by atoms with E-state index in [0.29, 0.717) is 13.0 Å². The summed E-state index contributed by atoms with van der Waals surface area (Å²) in [5, 5.41) is 2.25. The molecule has 2 rings (SSSR count).